The van der Waals surface area contributed by atoms with Crippen molar-refractivity contribution in [3.05, 3.63) is 126 Å². The number of nitrogens with one attached hydrogen (secondary N) is 4. The van der Waals surface area contributed by atoms with Crippen LogP contribution < -0.4 is 20.7 Å². The lowest BCUT2D eigenvalue weighted by molar-refractivity contribution is -0.114. The van der Waals surface area contributed by atoms with E-state index in [0.717, 1.165) is 21.4 Å². The SMILES string of the molecule is CCOc1ccccc1NC(=O)CSc1cccc(NC(=O)/C(=C/c2c[nH]c3ccccc23)NC(=O)c2ccccc2)c1. The number of amides is 3. The first-order chi connectivity index (χ1) is 21.0. The van der Waals surface area contributed by atoms with Crippen molar-refractivity contribution in [3.8, 4) is 5.75 Å². The molecule has 0 bridgehead atoms. The Balaban J connectivity index is 1.30. The zero-order valence-electron chi connectivity index (χ0n) is 23.4. The van der Waals surface area contributed by atoms with Crippen LogP contribution in [0.4, 0.5) is 11.4 Å². The van der Waals surface area contributed by atoms with E-state index in [1.165, 1.54) is 11.8 Å². The summed E-state index contributed by atoms with van der Waals surface area (Å²) in [4.78, 5) is 43.2. The van der Waals surface area contributed by atoms with Crippen LogP contribution in [-0.4, -0.2) is 35.1 Å². The summed E-state index contributed by atoms with van der Waals surface area (Å²) in [7, 11) is 0. The summed E-state index contributed by atoms with van der Waals surface area (Å²) < 4.78 is 5.58. The molecule has 0 aliphatic heterocycles. The van der Waals surface area contributed by atoms with Crippen LogP contribution in [0.3, 0.4) is 0 Å². The number of carbonyl (C=O) groups is 3. The summed E-state index contributed by atoms with van der Waals surface area (Å²) >= 11 is 1.34. The predicted octanol–water partition coefficient (Wildman–Crippen LogP) is 6.71. The van der Waals surface area contributed by atoms with E-state index in [9.17, 15) is 14.4 Å². The molecule has 0 fully saturated rings. The van der Waals surface area contributed by atoms with Crippen molar-refractivity contribution in [3.63, 3.8) is 0 Å². The second kappa shape index (κ2) is 14.1. The molecule has 1 heterocycles. The summed E-state index contributed by atoms with van der Waals surface area (Å²) in [6, 6.07) is 30.9. The second-order valence-electron chi connectivity index (χ2n) is 9.42. The highest BCUT2D eigenvalue weighted by molar-refractivity contribution is 8.00. The maximum absolute atomic E-state index is 13.5. The smallest absolute Gasteiger partial charge is 0.272 e. The molecule has 0 radical (unpaired) electrons. The van der Waals surface area contributed by atoms with E-state index in [2.05, 4.69) is 20.9 Å². The number of hydrogen-bond donors (Lipinski definition) is 4. The van der Waals surface area contributed by atoms with Crippen LogP contribution >= 0.6 is 11.8 Å². The molecule has 1 aromatic heterocycles. The molecule has 0 saturated carbocycles. The minimum Gasteiger partial charge on any atom is -0.492 e. The topological polar surface area (TPSA) is 112 Å². The largest absolute Gasteiger partial charge is 0.492 e. The lowest BCUT2D eigenvalue weighted by Gasteiger charge is -2.12. The number of H-pyrrole nitrogens is 1. The Bertz CT molecular complexity index is 1780. The number of rotatable bonds is 11. The summed E-state index contributed by atoms with van der Waals surface area (Å²) in [5.41, 5.74) is 3.33. The number of hydrogen-bond acceptors (Lipinski definition) is 5. The van der Waals surface area contributed by atoms with E-state index in [4.69, 9.17) is 4.74 Å². The van der Waals surface area contributed by atoms with E-state index in [1.807, 2.05) is 61.5 Å². The molecular weight excluding hydrogens is 560 g/mol. The van der Waals surface area contributed by atoms with Crippen molar-refractivity contribution < 1.29 is 19.1 Å². The number of aromatic amines is 1. The molecule has 0 unspecified atom stereocenters. The molecule has 0 aliphatic rings. The van der Waals surface area contributed by atoms with Gasteiger partial charge in [0.1, 0.15) is 11.4 Å². The highest BCUT2D eigenvalue weighted by Crippen LogP contribution is 2.26. The number of aromatic nitrogens is 1. The second-order valence-corrected chi connectivity index (χ2v) is 10.5. The van der Waals surface area contributed by atoms with E-state index >= 15 is 0 Å². The van der Waals surface area contributed by atoms with Gasteiger partial charge in [-0.3, -0.25) is 14.4 Å². The van der Waals surface area contributed by atoms with E-state index < -0.39 is 11.8 Å². The third-order valence-electron chi connectivity index (χ3n) is 6.37. The van der Waals surface area contributed by atoms with Crippen LogP contribution in [0.25, 0.3) is 17.0 Å². The Hall–Kier alpha value is -5.28. The normalized spacial score (nSPS) is 11.1. The first-order valence-electron chi connectivity index (χ1n) is 13.7. The van der Waals surface area contributed by atoms with Gasteiger partial charge in [0.05, 0.1) is 18.0 Å². The molecule has 3 amide bonds. The molecule has 5 rings (SSSR count). The van der Waals surface area contributed by atoms with Crippen molar-refractivity contribution in [2.45, 2.75) is 11.8 Å². The standard InChI is InChI=1S/C34H30N4O4S/c1-2-42-31-18-9-8-17-29(31)37-32(39)22-43-26-14-10-13-25(20-26)36-34(41)30(38-33(40)23-11-4-3-5-12-23)19-24-21-35-28-16-7-6-15-27(24)28/h3-21,35H,2,22H2,1H3,(H,36,41)(H,37,39)(H,38,40)/b30-19-. The minimum atomic E-state index is -0.484. The monoisotopic (exact) mass is 590 g/mol. The lowest BCUT2D eigenvalue weighted by Crippen LogP contribution is -2.30. The molecule has 0 spiro atoms. The van der Waals surface area contributed by atoms with Gasteiger partial charge in [0.25, 0.3) is 11.8 Å². The molecule has 9 heteroatoms. The van der Waals surface area contributed by atoms with Crippen LogP contribution in [0.15, 0.2) is 120 Å². The van der Waals surface area contributed by atoms with Gasteiger partial charge in [0.15, 0.2) is 0 Å². The Morgan fingerprint density at radius 3 is 2.47 bits per heavy atom. The molecule has 43 heavy (non-hydrogen) atoms. The van der Waals surface area contributed by atoms with Gasteiger partial charge in [-0.15, -0.1) is 11.8 Å². The highest BCUT2D eigenvalue weighted by Gasteiger charge is 2.16. The molecular formula is C34H30N4O4S. The van der Waals surface area contributed by atoms with E-state index in [1.54, 1.807) is 60.8 Å². The number of ether oxygens (including phenoxy) is 1. The van der Waals surface area contributed by atoms with E-state index in [-0.39, 0.29) is 17.4 Å². The van der Waals surface area contributed by atoms with Crippen LogP contribution in [0.2, 0.25) is 0 Å². The fourth-order valence-electron chi connectivity index (χ4n) is 4.36. The number of benzene rings is 4. The zero-order chi connectivity index (χ0) is 30.0. The van der Waals surface area contributed by atoms with Gasteiger partial charge in [-0.05, 0) is 61.5 Å². The third kappa shape index (κ3) is 7.72. The minimum absolute atomic E-state index is 0.0870. The van der Waals surface area contributed by atoms with E-state index in [0.29, 0.717) is 29.3 Å². The van der Waals surface area contributed by atoms with Gasteiger partial charge in [0.2, 0.25) is 5.91 Å². The average molecular weight is 591 g/mol. The van der Waals surface area contributed by atoms with Gasteiger partial charge >= 0.3 is 0 Å². The summed E-state index contributed by atoms with van der Waals surface area (Å²) in [5, 5.41) is 9.47. The fraction of sp³-hybridized carbons (Fsp3) is 0.0882. The van der Waals surface area contributed by atoms with Crippen molar-refractivity contribution in [1.29, 1.82) is 0 Å². The summed E-state index contributed by atoms with van der Waals surface area (Å²) in [6.45, 7) is 2.38. The average Bonchev–Trinajstić information content (AvgIpc) is 3.44. The number of para-hydroxylation sites is 3. The van der Waals surface area contributed by atoms with Gasteiger partial charge in [-0.2, -0.15) is 0 Å². The molecule has 4 N–H and O–H groups in total. The summed E-state index contributed by atoms with van der Waals surface area (Å²) in [5.74, 6) is -0.287. The number of fused-ring (bicyclic) bond motifs is 1. The van der Waals surface area contributed by atoms with Crippen LogP contribution in [0.5, 0.6) is 5.75 Å². The number of anilines is 2. The van der Waals surface area contributed by atoms with Crippen LogP contribution in [0.1, 0.15) is 22.8 Å². The van der Waals surface area contributed by atoms with Crippen molar-refractivity contribution >= 4 is 57.8 Å². The third-order valence-corrected chi connectivity index (χ3v) is 7.37. The molecule has 4 aromatic carbocycles. The number of carbonyl (C=O) groups excluding carboxylic acids is 3. The molecule has 216 valence electrons. The van der Waals surface area contributed by atoms with Crippen molar-refractivity contribution in [1.82, 2.24) is 10.3 Å². The highest BCUT2D eigenvalue weighted by atomic mass is 32.2. The molecule has 5 aromatic rings. The quantitative estimate of drug-likeness (QED) is 0.101. The Morgan fingerprint density at radius 2 is 1.63 bits per heavy atom. The van der Waals surface area contributed by atoms with Crippen LogP contribution in [0, 0.1) is 0 Å². The molecule has 8 nitrogen and oxygen atoms in total. The number of thioether (sulfide) groups is 1. The fourth-order valence-corrected chi connectivity index (χ4v) is 5.11. The lowest BCUT2D eigenvalue weighted by atomic mass is 10.1. The van der Waals surface area contributed by atoms with Crippen LogP contribution in [-0.2, 0) is 9.59 Å². The molecule has 0 aliphatic carbocycles. The Labute approximate surface area is 253 Å². The Kier molecular flexibility index (Phi) is 9.56. The zero-order valence-corrected chi connectivity index (χ0v) is 24.2. The predicted molar refractivity (Wildman–Crippen MR) is 172 cm³/mol. The molecule has 0 atom stereocenters. The summed E-state index contributed by atoms with van der Waals surface area (Å²) in [6.07, 6.45) is 3.44. The first-order valence-corrected chi connectivity index (χ1v) is 14.7. The van der Waals surface area contributed by atoms with Crippen molar-refractivity contribution in [2.24, 2.45) is 0 Å². The van der Waals surface area contributed by atoms with Gasteiger partial charge < -0.3 is 25.7 Å². The van der Waals surface area contributed by atoms with Crippen molar-refractivity contribution in [2.75, 3.05) is 23.0 Å². The molecule has 0 saturated heterocycles. The Morgan fingerprint density at radius 1 is 0.860 bits per heavy atom. The maximum Gasteiger partial charge on any atom is 0.272 e. The van der Waals surface area contributed by atoms with Gasteiger partial charge in [-0.1, -0.05) is 54.6 Å². The maximum atomic E-state index is 13.5. The van der Waals surface area contributed by atoms with Gasteiger partial charge in [0, 0.05) is 38.8 Å². The van der Waals surface area contributed by atoms with Gasteiger partial charge in [-0.25, -0.2) is 0 Å². The first kappa shape index (κ1) is 29.2.